The van der Waals surface area contributed by atoms with Crippen LogP contribution in [0.2, 0.25) is 0 Å². The highest BCUT2D eigenvalue weighted by molar-refractivity contribution is 8.14. The molecule has 2 nitrogen and oxygen atoms in total. The molecule has 3 rings (SSSR count). The smallest absolute Gasteiger partial charge is 0.220 e. The van der Waals surface area contributed by atoms with Gasteiger partial charge in [-0.15, -0.1) is 0 Å². The Morgan fingerprint density at radius 3 is 1.70 bits per heavy atom. The number of hydrogen-bond donors (Lipinski definition) is 0. The topological polar surface area (TPSA) is 34.1 Å². The molecule has 0 saturated heterocycles. The lowest BCUT2D eigenvalue weighted by molar-refractivity contribution is -0.112. The Kier molecular flexibility index (Phi) is 7.08. The first kappa shape index (κ1) is 19.2. The molecule has 3 aromatic rings. The minimum atomic E-state index is -0.105. The van der Waals surface area contributed by atoms with Crippen LogP contribution in [0.5, 0.6) is 0 Å². The molecule has 0 saturated carbocycles. The van der Waals surface area contributed by atoms with Crippen LogP contribution in [0, 0.1) is 0 Å². The summed E-state index contributed by atoms with van der Waals surface area (Å²) >= 11 is 2.32. The normalized spacial score (nSPS) is 11.2. The first-order valence-corrected chi connectivity index (χ1v) is 10.1. The summed E-state index contributed by atoms with van der Waals surface area (Å²) < 4.78 is 0. The summed E-state index contributed by atoms with van der Waals surface area (Å²) in [7, 11) is 0. The summed E-state index contributed by atoms with van der Waals surface area (Å²) in [4.78, 5) is 27.1. The Labute approximate surface area is 167 Å². The molecule has 0 aliphatic heterocycles. The van der Waals surface area contributed by atoms with E-state index in [1.165, 1.54) is 0 Å². The molecule has 27 heavy (non-hydrogen) atoms. The molecule has 0 fully saturated rings. The Hall–Kier alpha value is -2.56. The van der Waals surface area contributed by atoms with Gasteiger partial charge in [-0.3, -0.25) is 9.59 Å². The molecule has 3 aromatic carbocycles. The molecular weight excluding hydrogens is 372 g/mol. The van der Waals surface area contributed by atoms with Gasteiger partial charge >= 0.3 is 0 Å². The molecule has 0 aliphatic rings. The second-order valence-electron chi connectivity index (χ2n) is 5.75. The van der Waals surface area contributed by atoms with E-state index in [0.717, 1.165) is 38.9 Å². The highest BCUT2D eigenvalue weighted by Crippen LogP contribution is 2.28. The lowest BCUT2D eigenvalue weighted by Crippen LogP contribution is -2.03. The van der Waals surface area contributed by atoms with Gasteiger partial charge in [-0.05, 0) is 47.7 Å². The van der Waals surface area contributed by atoms with Crippen LogP contribution in [-0.4, -0.2) is 10.2 Å². The van der Waals surface area contributed by atoms with Gasteiger partial charge in [0.25, 0.3) is 0 Å². The molecule has 0 spiro atoms. The number of carbonyl (C=O) groups is 2. The predicted octanol–water partition coefficient (Wildman–Crippen LogP) is 6.10. The zero-order chi connectivity index (χ0) is 18.9. The Bertz CT molecular complexity index is 920. The van der Waals surface area contributed by atoms with Crippen molar-refractivity contribution in [1.82, 2.24) is 0 Å². The third-order valence-electron chi connectivity index (χ3n) is 3.67. The molecule has 0 radical (unpaired) electrons. The quantitative estimate of drug-likeness (QED) is 0.376. The first-order chi connectivity index (χ1) is 13.2. The summed E-state index contributed by atoms with van der Waals surface area (Å²) in [6.07, 6.45) is 1.90. The van der Waals surface area contributed by atoms with Crippen LogP contribution >= 0.6 is 23.5 Å². The third kappa shape index (κ3) is 6.27. The number of benzene rings is 3. The molecule has 0 atom stereocenters. The Balaban J connectivity index is 1.78. The van der Waals surface area contributed by atoms with Gasteiger partial charge in [-0.1, -0.05) is 78.5 Å². The van der Waals surface area contributed by atoms with Crippen molar-refractivity contribution in [3.63, 3.8) is 0 Å². The molecular formula is C23H18O2S2. The summed E-state index contributed by atoms with van der Waals surface area (Å²) in [5.74, 6) is 0. The minimum absolute atomic E-state index is 0.0506. The molecule has 134 valence electrons. The summed E-state index contributed by atoms with van der Waals surface area (Å²) in [5.41, 5.74) is 1.41. The van der Waals surface area contributed by atoms with Gasteiger partial charge in [0.2, 0.25) is 5.12 Å². The maximum absolute atomic E-state index is 12.8. The molecule has 0 N–H and O–H groups in total. The van der Waals surface area contributed by atoms with Crippen molar-refractivity contribution in [2.24, 2.45) is 0 Å². The minimum Gasteiger partial charge on any atom is -0.286 e. The molecule has 0 aliphatic carbocycles. The third-order valence-corrected chi connectivity index (χ3v) is 5.50. The average molecular weight is 391 g/mol. The fraction of sp³-hybridized carbons (Fsp3) is 0.0435. The van der Waals surface area contributed by atoms with E-state index in [-0.39, 0.29) is 16.7 Å². The number of carbonyl (C=O) groups excluding carboxylic acids is 2. The van der Waals surface area contributed by atoms with Gasteiger partial charge < -0.3 is 0 Å². The van der Waals surface area contributed by atoms with E-state index in [1.807, 2.05) is 97.1 Å². The predicted molar refractivity (Wildman–Crippen MR) is 114 cm³/mol. The van der Waals surface area contributed by atoms with Gasteiger partial charge in [0, 0.05) is 21.8 Å². The summed E-state index contributed by atoms with van der Waals surface area (Å²) in [6, 6.07) is 28.6. The van der Waals surface area contributed by atoms with E-state index in [9.17, 15) is 9.59 Å². The van der Waals surface area contributed by atoms with Crippen LogP contribution in [0.3, 0.4) is 0 Å². The second kappa shape index (κ2) is 9.95. The lowest BCUT2D eigenvalue weighted by Gasteiger charge is -2.07. The van der Waals surface area contributed by atoms with E-state index >= 15 is 0 Å². The second-order valence-corrected chi connectivity index (χ2v) is 7.92. The van der Waals surface area contributed by atoms with Crippen molar-refractivity contribution in [2.45, 2.75) is 16.2 Å². The summed E-state index contributed by atoms with van der Waals surface area (Å²) in [5, 5.41) is -0.155. The standard InChI is InChI=1S/C23H18O2S2/c24-22(26-20-12-6-2-7-13-20)17-19(16-18-10-4-1-5-11-18)23(25)27-21-14-8-3-9-15-21/h1-16H,17H2/b19-16+. The van der Waals surface area contributed by atoms with E-state index in [4.69, 9.17) is 0 Å². The largest absolute Gasteiger partial charge is 0.286 e. The fourth-order valence-electron chi connectivity index (χ4n) is 2.41. The van der Waals surface area contributed by atoms with Crippen molar-refractivity contribution < 1.29 is 9.59 Å². The van der Waals surface area contributed by atoms with Gasteiger partial charge in [0.1, 0.15) is 0 Å². The Morgan fingerprint density at radius 2 is 1.15 bits per heavy atom. The van der Waals surface area contributed by atoms with Crippen molar-refractivity contribution in [3.8, 4) is 0 Å². The van der Waals surface area contributed by atoms with Crippen molar-refractivity contribution >= 4 is 39.8 Å². The summed E-state index contributed by atoms with van der Waals surface area (Å²) in [6.45, 7) is 0. The SMILES string of the molecule is O=C(C/C(=C\c1ccccc1)C(=O)Sc1ccccc1)Sc1ccccc1. The molecule has 0 amide bonds. The van der Waals surface area contributed by atoms with Crippen LogP contribution in [0.1, 0.15) is 12.0 Å². The number of hydrogen-bond acceptors (Lipinski definition) is 4. The van der Waals surface area contributed by atoms with Crippen molar-refractivity contribution in [2.75, 3.05) is 0 Å². The van der Waals surface area contributed by atoms with Gasteiger partial charge in [0.15, 0.2) is 5.12 Å². The molecule has 0 aromatic heterocycles. The van der Waals surface area contributed by atoms with E-state index in [0.29, 0.717) is 5.57 Å². The zero-order valence-electron chi connectivity index (χ0n) is 14.6. The van der Waals surface area contributed by atoms with E-state index < -0.39 is 0 Å². The monoisotopic (exact) mass is 390 g/mol. The van der Waals surface area contributed by atoms with Crippen LogP contribution in [0.15, 0.2) is 106 Å². The number of thioether (sulfide) groups is 2. The average Bonchev–Trinajstić information content (AvgIpc) is 2.70. The lowest BCUT2D eigenvalue weighted by atomic mass is 10.1. The van der Waals surface area contributed by atoms with E-state index in [2.05, 4.69) is 0 Å². The first-order valence-electron chi connectivity index (χ1n) is 8.49. The Morgan fingerprint density at radius 1 is 0.667 bits per heavy atom. The van der Waals surface area contributed by atoms with Gasteiger partial charge in [-0.25, -0.2) is 0 Å². The highest BCUT2D eigenvalue weighted by atomic mass is 32.2. The van der Waals surface area contributed by atoms with Gasteiger partial charge in [0.05, 0.1) is 0 Å². The highest BCUT2D eigenvalue weighted by Gasteiger charge is 2.16. The number of rotatable bonds is 6. The van der Waals surface area contributed by atoms with Crippen molar-refractivity contribution in [3.05, 3.63) is 102 Å². The van der Waals surface area contributed by atoms with Crippen LogP contribution in [0.4, 0.5) is 0 Å². The maximum Gasteiger partial charge on any atom is 0.220 e. The molecule has 0 heterocycles. The molecule has 4 heteroatoms. The maximum atomic E-state index is 12.8. The van der Waals surface area contributed by atoms with Gasteiger partial charge in [-0.2, -0.15) is 0 Å². The fourth-order valence-corrected chi connectivity index (χ4v) is 3.96. The molecule has 0 unspecified atom stereocenters. The molecule has 0 bridgehead atoms. The van der Waals surface area contributed by atoms with Crippen LogP contribution in [0.25, 0.3) is 6.08 Å². The van der Waals surface area contributed by atoms with E-state index in [1.54, 1.807) is 0 Å². The van der Waals surface area contributed by atoms with Crippen LogP contribution < -0.4 is 0 Å². The van der Waals surface area contributed by atoms with Crippen molar-refractivity contribution in [1.29, 1.82) is 0 Å². The van der Waals surface area contributed by atoms with Crippen LogP contribution in [-0.2, 0) is 9.59 Å². The zero-order valence-corrected chi connectivity index (χ0v) is 16.2.